The molecular weight excluding hydrogens is 388 g/mol. The Kier molecular flexibility index (Phi) is 4.21. The Morgan fingerprint density at radius 2 is 1.97 bits per heavy atom. The van der Waals surface area contributed by atoms with Gasteiger partial charge in [-0.2, -0.15) is 5.10 Å². The van der Waals surface area contributed by atoms with Crippen molar-refractivity contribution in [3.63, 3.8) is 0 Å². The number of fused-ring (bicyclic) bond motifs is 2. The summed E-state index contributed by atoms with van der Waals surface area (Å²) in [6.07, 6.45) is 0. The van der Waals surface area contributed by atoms with Crippen LogP contribution in [-0.4, -0.2) is 27.5 Å². The van der Waals surface area contributed by atoms with E-state index < -0.39 is 0 Å². The van der Waals surface area contributed by atoms with Gasteiger partial charge in [0.25, 0.3) is 5.91 Å². The SMILES string of the molecule is CC(C)c1cc(C(=O)Nc2ccc3c(c2)OCO3)nn1-c1nc2ccccc2s1. The Morgan fingerprint density at radius 3 is 2.79 bits per heavy atom. The highest BCUT2D eigenvalue weighted by Crippen LogP contribution is 2.34. The molecule has 2 aromatic carbocycles. The predicted octanol–water partition coefficient (Wildman–Crippen LogP) is 4.59. The fourth-order valence-corrected chi connectivity index (χ4v) is 4.13. The maximum absolute atomic E-state index is 12.8. The first-order valence-electron chi connectivity index (χ1n) is 9.25. The first-order valence-corrected chi connectivity index (χ1v) is 10.1. The highest BCUT2D eigenvalue weighted by Gasteiger charge is 2.20. The summed E-state index contributed by atoms with van der Waals surface area (Å²) < 4.78 is 13.5. The molecule has 3 heterocycles. The van der Waals surface area contributed by atoms with E-state index >= 15 is 0 Å². The molecule has 2 aromatic heterocycles. The summed E-state index contributed by atoms with van der Waals surface area (Å²) in [5.74, 6) is 1.18. The number of nitrogens with zero attached hydrogens (tertiary/aromatic N) is 3. The second-order valence-corrected chi connectivity index (χ2v) is 8.02. The molecule has 0 atom stereocenters. The van der Waals surface area contributed by atoms with Gasteiger partial charge in [-0.15, -0.1) is 0 Å². The van der Waals surface area contributed by atoms with E-state index in [0.29, 0.717) is 22.9 Å². The summed E-state index contributed by atoms with van der Waals surface area (Å²) in [5, 5.41) is 8.19. The number of carbonyl (C=O) groups excluding carboxylic acids is 1. The molecule has 146 valence electrons. The third kappa shape index (κ3) is 3.21. The van der Waals surface area contributed by atoms with Gasteiger partial charge < -0.3 is 14.8 Å². The zero-order chi connectivity index (χ0) is 20.0. The van der Waals surface area contributed by atoms with Crippen molar-refractivity contribution < 1.29 is 14.3 Å². The van der Waals surface area contributed by atoms with Crippen LogP contribution in [0.25, 0.3) is 15.3 Å². The highest BCUT2D eigenvalue weighted by molar-refractivity contribution is 7.20. The van der Waals surface area contributed by atoms with Gasteiger partial charge in [-0.1, -0.05) is 37.3 Å². The standard InChI is InChI=1S/C21H18N4O3S/c1-12(2)16-10-15(20(26)22-13-7-8-17-18(9-13)28-11-27-17)24-25(16)21-23-14-5-3-4-6-19(14)29-21/h3-10,12H,11H2,1-2H3,(H,22,26). The van der Waals surface area contributed by atoms with Crippen LogP contribution in [0.1, 0.15) is 35.9 Å². The molecule has 1 N–H and O–H groups in total. The molecule has 0 bridgehead atoms. The number of benzene rings is 2. The molecule has 0 fully saturated rings. The lowest BCUT2D eigenvalue weighted by Gasteiger charge is -2.06. The van der Waals surface area contributed by atoms with Crippen LogP contribution in [0, 0.1) is 0 Å². The van der Waals surface area contributed by atoms with Gasteiger partial charge in [0, 0.05) is 11.8 Å². The van der Waals surface area contributed by atoms with E-state index in [-0.39, 0.29) is 18.6 Å². The fraction of sp³-hybridized carbons (Fsp3) is 0.190. The zero-order valence-electron chi connectivity index (χ0n) is 15.9. The van der Waals surface area contributed by atoms with Crippen LogP contribution in [0.2, 0.25) is 0 Å². The molecule has 0 unspecified atom stereocenters. The zero-order valence-corrected chi connectivity index (χ0v) is 16.7. The number of ether oxygens (including phenoxy) is 2. The van der Waals surface area contributed by atoms with Gasteiger partial charge in [-0.05, 0) is 36.2 Å². The van der Waals surface area contributed by atoms with Gasteiger partial charge in [-0.3, -0.25) is 4.79 Å². The summed E-state index contributed by atoms with van der Waals surface area (Å²) in [6, 6.07) is 15.1. The molecule has 8 heteroatoms. The number of rotatable bonds is 4. The van der Waals surface area contributed by atoms with Gasteiger partial charge >= 0.3 is 0 Å². The van der Waals surface area contributed by atoms with Gasteiger partial charge in [-0.25, -0.2) is 9.67 Å². The predicted molar refractivity (Wildman–Crippen MR) is 111 cm³/mol. The van der Waals surface area contributed by atoms with Crippen LogP contribution < -0.4 is 14.8 Å². The number of aromatic nitrogens is 3. The summed E-state index contributed by atoms with van der Waals surface area (Å²) >= 11 is 1.55. The van der Waals surface area contributed by atoms with Crippen molar-refractivity contribution in [1.82, 2.24) is 14.8 Å². The minimum Gasteiger partial charge on any atom is -0.454 e. The van der Waals surface area contributed by atoms with Crippen molar-refractivity contribution >= 4 is 33.1 Å². The molecule has 0 aliphatic carbocycles. The number of hydrogen-bond donors (Lipinski definition) is 1. The number of amides is 1. The lowest BCUT2D eigenvalue weighted by Crippen LogP contribution is -2.13. The molecular formula is C21H18N4O3S. The van der Waals surface area contributed by atoms with Crippen LogP contribution in [0.15, 0.2) is 48.5 Å². The normalized spacial score (nSPS) is 12.7. The molecule has 0 saturated heterocycles. The lowest BCUT2D eigenvalue weighted by atomic mass is 10.1. The van der Waals surface area contributed by atoms with Crippen LogP contribution >= 0.6 is 11.3 Å². The Hall–Kier alpha value is -3.39. The molecule has 0 spiro atoms. The van der Waals surface area contributed by atoms with E-state index in [2.05, 4.69) is 29.2 Å². The largest absolute Gasteiger partial charge is 0.454 e. The van der Waals surface area contributed by atoms with E-state index in [1.54, 1.807) is 34.2 Å². The third-order valence-corrected chi connectivity index (χ3v) is 5.67. The van der Waals surface area contributed by atoms with Crippen molar-refractivity contribution in [2.24, 2.45) is 0 Å². The van der Waals surface area contributed by atoms with Crippen LogP contribution in [0.3, 0.4) is 0 Å². The van der Waals surface area contributed by atoms with E-state index in [4.69, 9.17) is 9.47 Å². The molecule has 29 heavy (non-hydrogen) atoms. The molecule has 0 saturated carbocycles. The van der Waals surface area contributed by atoms with Gasteiger partial charge in [0.1, 0.15) is 0 Å². The van der Waals surface area contributed by atoms with Crippen molar-refractivity contribution in [3.8, 4) is 16.6 Å². The van der Waals surface area contributed by atoms with Gasteiger partial charge in [0.15, 0.2) is 17.2 Å². The molecule has 4 aromatic rings. The maximum atomic E-state index is 12.8. The summed E-state index contributed by atoms with van der Waals surface area (Å²) in [7, 11) is 0. The van der Waals surface area contributed by atoms with E-state index in [1.165, 1.54) is 0 Å². The first kappa shape index (κ1) is 17.7. The summed E-state index contributed by atoms with van der Waals surface area (Å²) in [4.78, 5) is 17.5. The highest BCUT2D eigenvalue weighted by atomic mass is 32.1. The van der Waals surface area contributed by atoms with Crippen molar-refractivity contribution in [2.45, 2.75) is 19.8 Å². The van der Waals surface area contributed by atoms with E-state index in [9.17, 15) is 4.79 Å². The van der Waals surface area contributed by atoms with Gasteiger partial charge in [0.2, 0.25) is 11.9 Å². The van der Waals surface area contributed by atoms with Crippen LogP contribution in [-0.2, 0) is 0 Å². The fourth-order valence-electron chi connectivity index (χ4n) is 3.19. The maximum Gasteiger partial charge on any atom is 0.276 e. The average molecular weight is 406 g/mol. The Labute approximate surface area is 170 Å². The van der Waals surface area contributed by atoms with Gasteiger partial charge in [0.05, 0.1) is 15.9 Å². The van der Waals surface area contributed by atoms with Crippen molar-refractivity contribution in [3.05, 3.63) is 59.9 Å². The number of carbonyl (C=O) groups is 1. The van der Waals surface area contributed by atoms with Crippen molar-refractivity contribution in [1.29, 1.82) is 0 Å². The molecule has 1 aliphatic heterocycles. The minimum atomic E-state index is -0.286. The number of anilines is 1. The second-order valence-electron chi connectivity index (χ2n) is 7.01. The number of nitrogens with one attached hydrogen (secondary N) is 1. The van der Waals surface area contributed by atoms with Crippen LogP contribution in [0.4, 0.5) is 5.69 Å². The molecule has 0 radical (unpaired) electrons. The number of para-hydroxylation sites is 1. The second kappa shape index (κ2) is 6.89. The lowest BCUT2D eigenvalue weighted by molar-refractivity contribution is 0.102. The topological polar surface area (TPSA) is 78.3 Å². The molecule has 5 rings (SSSR count). The Bertz CT molecular complexity index is 1190. The van der Waals surface area contributed by atoms with E-state index in [0.717, 1.165) is 21.0 Å². The Morgan fingerprint density at radius 1 is 1.14 bits per heavy atom. The van der Waals surface area contributed by atoms with Crippen molar-refractivity contribution in [2.75, 3.05) is 12.1 Å². The summed E-state index contributed by atoms with van der Waals surface area (Å²) in [5.41, 5.74) is 2.81. The minimum absolute atomic E-state index is 0.182. The monoisotopic (exact) mass is 406 g/mol. The number of hydrogen-bond acceptors (Lipinski definition) is 6. The molecule has 1 amide bonds. The first-order chi connectivity index (χ1) is 14.1. The van der Waals surface area contributed by atoms with E-state index in [1.807, 2.05) is 30.3 Å². The average Bonchev–Trinajstić information content (AvgIpc) is 3.44. The Balaban J connectivity index is 1.47. The number of thiazole rings is 1. The molecule has 7 nitrogen and oxygen atoms in total. The molecule has 1 aliphatic rings. The van der Waals surface area contributed by atoms with Crippen LogP contribution in [0.5, 0.6) is 11.5 Å². The summed E-state index contributed by atoms with van der Waals surface area (Å²) in [6.45, 7) is 4.33. The quantitative estimate of drug-likeness (QED) is 0.536. The third-order valence-electron chi connectivity index (χ3n) is 4.66. The smallest absolute Gasteiger partial charge is 0.276 e.